The molecular weight excluding hydrogens is 566 g/mol. The smallest absolute Gasteiger partial charge is 0.262 e. The van der Waals surface area contributed by atoms with E-state index in [0.717, 1.165) is 5.56 Å². The number of carbonyl (C=O) groups excluding carboxylic acids is 2. The molecule has 3 aromatic carbocycles. The van der Waals surface area contributed by atoms with Crippen molar-refractivity contribution >= 4 is 34.0 Å². The number of ether oxygens (including phenoxy) is 4. The lowest BCUT2D eigenvalue weighted by Gasteiger charge is -2.20. The Labute approximate surface area is 235 Å². The third-order valence-electron chi connectivity index (χ3n) is 5.82. The monoisotopic (exact) mass is 595 g/mol. The van der Waals surface area contributed by atoms with Gasteiger partial charge < -0.3 is 24.3 Å². The normalized spacial score (nSPS) is 12.8. The first-order valence-electron chi connectivity index (χ1n) is 12.5. The lowest BCUT2D eigenvalue weighted by molar-refractivity contribution is -0.123. The lowest BCUT2D eigenvalue weighted by atomic mass is 10.0. The number of benzene rings is 3. The van der Waals surface area contributed by atoms with Crippen LogP contribution in [0.2, 0.25) is 0 Å². The van der Waals surface area contributed by atoms with E-state index < -0.39 is 17.9 Å². The Morgan fingerprint density at radius 2 is 1.82 bits per heavy atom. The van der Waals surface area contributed by atoms with Gasteiger partial charge in [0.1, 0.15) is 12.6 Å². The average Bonchev–Trinajstić information content (AvgIpc) is 3.40. The maximum atomic E-state index is 12.9. The van der Waals surface area contributed by atoms with Crippen LogP contribution < -0.4 is 29.7 Å². The molecule has 0 aromatic heterocycles. The predicted octanol–water partition coefficient (Wildman–Crippen LogP) is 5.06. The molecule has 204 valence electrons. The highest BCUT2D eigenvalue weighted by atomic mass is 79.9. The molecule has 1 unspecified atom stereocenters. The number of rotatable bonds is 11. The summed E-state index contributed by atoms with van der Waals surface area (Å²) in [5.41, 5.74) is 4.61. The molecule has 0 fully saturated rings. The average molecular weight is 596 g/mol. The van der Waals surface area contributed by atoms with Crippen LogP contribution in [0.4, 0.5) is 0 Å². The molecule has 2 N–H and O–H groups in total. The van der Waals surface area contributed by atoms with Crippen molar-refractivity contribution in [3.8, 4) is 23.0 Å². The van der Waals surface area contributed by atoms with Crippen molar-refractivity contribution in [2.24, 2.45) is 11.0 Å². The summed E-state index contributed by atoms with van der Waals surface area (Å²) in [6.45, 7) is 6.52. The molecule has 1 heterocycles. The highest BCUT2D eigenvalue weighted by molar-refractivity contribution is 9.10. The van der Waals surface area contributed by atoms with Crippen molar-refractivity contribution < 1.29 is 28.5 Å². The molecule has 0 saturated heterocycles. The van der Waals surface area contributed by atoms with Gasteiger partial charge in [-0.2, -0.15) is 5.10 Å². The highest BCUT2D eigenvalue weighted by Crippen LogP contribution is 2.37. The van der Waals surface area contributed by atoms with Gasteiger partial charge in [-0.15, -0.1) is 0 Å². The Morgan fingerprint density at radius 3 is 2.56 bits per heavy atom. The van der Waals surface area contributed by atoms with Crippen molar-refractivity contribution in [1.82, 2.24) is 10.7 Å². The number of hydrogen-bond acceptors (Lipinski definition) is 7. The van der Waals surface area contributed by atoms with Crippen LogP contribution >= 0.6 is 15.9 Å². The minimum atomic E-state index is -0.806. The van der Waals surface area contributed by atoms with Crippen LogP contribution in [0.25, 0.3) is 0 Å². The molecule has 1 aliphatic heterocycles. The highest BCUT2D eigenvalue weighted by Gasteiger charge is 2.25. The maximum Gasteiger partial charge on any atom is 0.262 e. The van der Waals surface area contributed by atoms with Gasteiger partial charge >= 0.3 is 0 Å². The van der Waals surface area contributed by atoms with Crippen LogP contribution in [0, 0.1) is 5.92 Å². The number of halogens is 1. The van der Waals surface area contributed by atoms with E-state index in [1.54, 1.807) is 24.3 Å². The van der Waals surface area contributed by atoms with Crippen LogP contribution in [0.5, 0.6) is 23.0 Å². The molecule has 0 saturated carbocycles. The summed E-state index contributed by atoms with van der Waals surface area (Å²) >= 11 is 3.55. The molecule has 0 spiro atoms. The molecule has 0 aliphatic carbocycles. The number of nitrogens with one attached hydrogen (secondary N) is 2. The zero-order valence-corrected chi connectivity index (χ0v) is 23.5. The third kappa shape index (κ3) is 7.29. The molecular formula is C29H30BrN3O6. The molecule has 1 atom stereocenters. The molecule has 3 aromatic rings. The van der Waals surface area contributed by atoms with Gasteiger partial charge in [0.15, 0.2) is 23.0 Å². The number of amides is 2. The molecule has 2 amide bonds. The second-order valence-corrected chi connectivity index (χ2v) is 9.89. The van der Waals surface area contributed by atoms with Crippen LogP contribution in [0.1, 0.15) is 42.3 Å². The number of carbonyl (C=O) groups is 2. The van der Waals surface area contributed by atoms with Crippen molar-refractivity contribution in [2.45, 2.75) is 33.4 Å². The molecule has 4 rings (SSSR count). The predicted molar refractivity (Wildman–Crippen MR) is 150 cm³/mol. The van der Waals surface area contributed by atoms with E-state index in [4.69, 9.17) is 18.9 Å². The summed E-state index contributed by atoms with van der Waals surface area (Å²) in [6, 6.07) is 17.5. The Hall–Kier alpha value is -4.05. The summed E-state index contributed by atoms with van der Waals surface area (Å²) in [5, 5.41) is 6.89. The Kier molecular flexibility index (Phi) is 9.43. The molecule has 0 radical (unpaired) electrons. The number of hydrogen-bond donors (Lipinski definition) is 2. The number of hydrazone groups is 1. The summed E-state index contributed by atoms with van der Waals surface area (Å²) in [5.74, 6) is 1.17. The van der Waals surface area contributed by atoms with Gasteiger partial charge in [-0.3, -0.25) is 9.59 Å². The number of fused-ring (bicyclic) bond motifs is 1. The van der Waals surface area contributed by atoms with Gasteiger partial charge in [-0.05, 0) is 70.2 Å². The van der Waals surface area contributed by atoms with Gasteiger partial charge in [0, 0.05) is 5.56 Å². The van der Waals surface area contributed by atoms with Gasteiger partial charge in [0.25, 0.3) is 11.8 Å². The van der Waals surface area contributed by atoms with Crippen LogP contribution in [0.3, 0.4) is 0 Å². The van der Waals surface area contributed by atoms with Crippen LogP contribution in [-0.2, 0) is 11.4 Å². The van der Waals surface area contributed by atoms with E-state index in [-0.39, 0.29) is 12.7 Å². The summed E-state index contributed by atoms with van der Waals surface area (Å²) in [4.78, 5) is 25.7. The van der Waals surface area contributed by atoms with Crippen molar-refractivity contribution in [3.63, 3.8) is 0 Å². The molecule has 39 heavy (non-hydrogen) atoms. The zero-order valence-electron chi connectivity index (χ0n) is 21.9. The first kappa shape index (κ1) is 28.0. The van der Waals surface area contributed by atoms with E-state index in [1.807, 2.05) is 57.2 Å². The van der Waals surface area contributed by atoms with Crippen molar-refractivity contribution in [1.29, 1.82) is 0 Å². The van der Waals surface area contributed by atoms with Gasteiger partial charge in [-0.1, -0.05) is 44.2 Å². The van der Waals surface area contributed by atoms with Gasteiger partial charge in [0.05, 0.1) is 17.3 Å². The fourth-order valence-electron chi connectivity index (χ4n) is 3.83. The molecule has 9 nitrogen and oxygen atoms in total. The lowest BCUT2D eigenvalue weighted by Crippen LogP contribution is -2.48. The Morgan fingerprint density at radius 1 is 1.05 bits per heavy atom. The maximum absolute atomic E-state index is 12.9. The topological polar surface area (TPSA) is 107 Å². The van der Waals surface area contributed by atoms with E-state index in [2.05, 4.69) is 31.8 Å². The third-order valence-corrected chi connectivity index (χ3v) is 6.41. The van der Waals surface area contributed by atoms with Crippen LogP contribution in [-0.4, -0.2) is 37.5 Å². The summed E-state index contributed by atoms with van der Waals surface area (Å²) in [7, 11) is 0. The summed E-state index contributed by atoms with van der Waals surface area (Å²) < 4.78 is 23.1. The standard InChI is InChI=1S/C29H30BrN3O6/c1-4-36-25-13-20(12-22(30)27(25)37-16-19-8-6-5-7-9-19)15-31-33-29(35)26(18(2)3)32-28(34)21-10-11-23-24(14-21)39-17-38-23/h5-15,18,26H,4,16-17H2,1-3H3,(H,32,34)(H,33,35). The molecule has 0 bridgehead atoms. The van der Waals surface area contributed by atoms with E-state index >= 15 is 0 Å². The Balaban J connectivity index is 1.40. The van der Waals surface area contributed by atoms with Gasteiger partial charge in [-0.25, -0.2) is 5.43 Å². The van der Waals surface area contributed by atoms with Crippen molar-refractivity contribution in [3.05, 3.63) is 81.8 Å². The second-order valence-electron chi connectivity index (χ2n) is 9.03. The fraction of sp³-hybridized carbons (Fsp3) is 0.276. The fourth-order valence-corrected chi connectivity index (χ4v) is 4.41. The molecule has 1 aliphatic rings. The summed E-state index contributed by atoms with van der Waals surface area (Å²) in [6.07, 6.45) is 1.50. The van der Waals surface area contributed by atoms with E-state index in [1.165, 1.54) is 6.21 Å². The van der Waals surface area contributed by atoms with Gasteiger partial charge in [0.2, 0.25) is 6.79 Å². The minimum Gasteiger partial charge on any atom is -0.490 e. The van der Waals surface area contributed by atoms with Crippen molar-refractivity contribution in [2.75, 3.05) is 13.4 Å². The second kappa shape index (κ2) is 13.1. The quantitative estimate of drug-likeness (QED) is 0.237. The number of nitrogens with zero attached hydrogens (tertiary/aromatic N) is 1. The SMILES string of the molecule is CCOc1cc(C=NNC(=O)C(NC(=O)c2ccc3c(c2)OCO3)C(C)C)cc(Br)c1OCc1ccccc1. The Bertz CT molecular complexity index is 1350. The largest absolute Gasteiger partial charge is 0.490 e. The molecule has 10 heteroatoms. The first-order valence-corrected chi connectivity index (χ1v) is 13.3. The zero-order chi connectivity index (χ0) is 27.8. The van der Waals surface area contributed by atoms with Crippen LogP contribution in [0.15, 0.2) is 70.2 Å². The minimum absolute atomic E-state index is 0.113. The first-order chi connectivity index (χ1) is 18.9. The van der Waals surface area contributed by atoms with E-state index in [0.29, 0.717) is 51.8 Å². The van der Waals surface area contributed by atoms with E-state index in [9.17, 15) is 9.59 Å².